The van der Waals surface area contributed by atoms with Crippen molar-refractivity contribution in [1.82, 2.24) is 15.5 Å². The standard InChI is InChI=1S/C28H47N3O4/c1-12-20-14-16-21(17-15-20)23(24(32)29-19(5)6)31(28(10,11)13-2)25(33)22(18(3)4)30-26(34)35-27(7,8)9/h14-19,22-23H,12-13H2,1-11H3,(H,29,32)(H,30,34). The number of carbonyl (C=O) groups excluding carboxylic acids is 3. The fourth-order valence-electron chi connectivity index (χ4n) is 3.76. The van der Waals surface area contributed by atoms with Gasteiger partial charge in [0.15, 0.2) is 0 Å². The molecule has 0 aromatic heterocycles. The van der Waals surface area contributed by atoms with Crippen molar-refractivity contribution in [2.45, 2.75) is 118 Å². The van der Waals surface area contributed by atoms with E-state index in [-0.39, 0.29) is 23.8 Å². The summed E-state index contributed by atoms with van der Waals surface area (Å²) in [6.45, 7) is 20.8. The van der Waals surface area contributed by atoms with Gasteiger partial charge < -0.3 is 20.3 Å². The van der Waals surface area contributed by atoms with Crippen molar-refractivity contribution in [1.29, 1.82) is 0 Å². The van der Waals surface area contributed by atoms with Gasteiger partial charge in [-0.1, -0.05) is 52.0 Å². The fraction of sp³-hybridized carbons (Fsp3) is 0.679. The number of alkyl carbamates (subject to hydrolysis) is 1. The van der Waals surface area contributed by atoms with Crippen molar-refractivity contribution in [2.75, 3.05) is 0 Å². The average Bonchev–Trinajstić information content (AvgIpc) is 2.73. The van der Waals surface area contributed by atoms with Crippen LogP contribution in [0.5, 0.6) is 0 Å². The monoisotopic (exact) mass is 489 g/mol. The van der Waals surface area contributed by atoms with E-state index in [0.29, 0.717) is 6.42 Å². The van der Waals surface area contributed by atoms with E-state index in [1.165, 1.54) is 0 Å². The maximum absolute atomic E-state index is 14.2. The predicted octanol–water partition coefficient (Wildman–Crippen LogP) is 5.38. The molecular weight excluding hydrogens is 442 g/mol. The van der Waals surface area contributed by atoms with Gasteiger partial charge in [-0.15, -0.1) is 0 Å². The van der Waals surface area contributed by atoms with Gasteiger partial charge in [0.2, 0.25) is 11.8 Å². The minimum atomic E-state index is -0.861. The number of rotatable bonds is 10. The zero-order valence-corrected chi connectivity index (χ0v) is 23.6. The van der Waals surface area contributed by atoms with Crippen LogP contribution in [0.3, 0.4) is 0 Å². The van der Waals surface area contributed by atoms with Gasteiger partial charge in [0.1, 0.15) is 17.7 Å². The van der Waals surface area contributed by atoms with Gasteiger partial charge in [-0.25, -0.2) is 4.79 Å². The van der Waals surface area contributed by atoms with E-state index >= 15 is 0 Å². The second-order valence-electron chi connectivity index (χ2n) is 11.4. The molecule has 1 aromatic carbocycles. The summed E-state index contributed by atoms with van der Waals surface area (Å²) >= 11 is 0. The van der Waals surface area contributed by atoms with Crippen LogP contribution in [-0.2, 0) is 20.7 Å². The Bertz CT molecular complexity index is 854. The molecule has 35 heavy (non-hydrogen) atoms. The molecule has 2 unspecified atom stereocenters. The number of hydrogen-bond acceptors (Lipinski definition) is 4. The molecule has 0 fully saturated rings. The third kappa shape index (κ3) is 8.86. The van der Waals surface area contributed by atoms with Crippen LogP contribution in [-0.4, -0.2) is 46.0 Å². The zero-order valence-electron chi connectivity index (χ0n) is 23.6. The van der Waals surface area contributed by atoms with Crippen LogP contribution in [0.15, 0.2) is 24.3 Å². The summed E-state index contributed by atoms with van der Waals surface area (Å²) in [5, 5.41) is 5.77. The highest BCUT2D eigenvalue weighted by Gasteiger charge is 2.43. The highest BCUT2D eigenvalue weighted by molar-refractivity contribution is 5.93. The quantitative estimate of drug-likeness (QED) is 0.462. The van der Waals surface area contributed by atoms with Crippen molar-refractivity contribution < 1.29 is 19.1 Å². The van der Waals surface area contributed by atoms with E-state index in [0.717, 1.165) is 17.5 Å². The van der Waals surface area contributed by atoms with Crippen LogP contribution in [0.25, 0.3) is 0 Å². The molecule has 1 rings (SSSR count). The molecule has 0 heterocycles. The fourth-order valence-corrected chi connectivity index (χ4v) is 3.76. The lowest BCUT2D eigenvalue weighted by Crippen LogP contribution is -2.60. The largest absolute Gasteiger partial charge is 0.444 e. The first-order valence-electron chi connectivity index (χ1n) is 12.8. The average molecular weight is 490 g/mol. The van der Waals surface area contributed by atoms with Crippen molar-refractivity contribution in [3.8, 4) is 0 Å². The van der Waals surface area contributed by atoms with Crippen molar-refractivity contribution in [3.05, 3.63) is 35.4 Å². The summed E-state index contributed by atoms with van der Waals surface area (Å²) in [6.07, 6.45) is 0.838. The zero-order chi connectivity index (χ0) is 27.1. The maximum Gasteiger partial charge on any atom is 0.408 e. The lowest BCUT2D eigenvalue weighted by Gasteiger charge is -2.45. The summed E-state index contributed by atoms with van der Waals surface area (Å²) in [7, 11) is 0. The number of amides is 3. The van der Waals surface area contributed by atoms with Gasteiger partial charge in [-0.05, 0) is 78.4 Å². The Kier molecular flexibility index (Phi) is 10.8. The van der Waals surface area contributed by atoms with E-state index in [9.17, 15) is 14.4 Å². The van der Waals surface area contributed by atoms with Crippen LogP contribution >= 0.6 is 0 Å². The van der Waals surface area contributed by atoms with E-state index in [1.807, 2.05) is 72.7 Å². The van der Waals surface area contributed by atoms with Gasteiger partial charge in [0.25, 0.3) is 0 Å². The first kappa shape index (κ1) is 30.5. The number of nitrogens with one attached hydrogen (secondary N) is 2. The molecule has 0 spiro atoms. The summed E-state index contributed by atoms with van der Waals surface area (Å²) in [6, 6.07) is 6.01. The second kappa shape index (κ2) is 12.4. The topological polar surface area (TPSA) is 87.7 Å². The Labute approximate surface area is 212 Å². The Morgan fingerprint density at radius 2 is 1.46 bits per heavy atom. The number of nitrogens with zero attached hydrogens (tertiary/aromatic N) is 1. The number of aryl methyl sites for hydroxylation is 1. The molecule has 0 aliphatic heterocycles. The minimum Gasteiger partial charge on any atom is -0.444 e. The van der Waals surface area contributed by atoms with E-state index in [4.69, 9.17) is 4.74 Å². The van der Waals surface area contributed by atoms with E-state index in [2.05, 4.69) is 17.6 Å². The molecule has 3 amide bonds. The summed E-state index contributed by atoms with van der Waals surface area (Å²) in [5.74, 6) is -0.790. The van der Waals surface area contributed by atoms with Gasteiger partial charge in [0.05, 0.1) is 0 Å². The van der Waals surface area contributed by atoms with Crippen LogP contribution in [0.2, 0.25) is 0 Å². The molecule has 2 atom stereocenters. The summed E-state index contributed by atoms with van der Waals surface area (Å²) < 4.78 is 5.43. The van der Waals surface area contributed by atoms with E-state index in [1.54, 1.807) is 25.7 Å². The number of benzene rings is 1. The van der Waals surface area contributed by atoms with Crippen LogP contribution in [0.1, 0.15) is 99.8 Å². The molecule has 0 aliphatic rings. The molecular formula is C28H47N3O4. The highest BCUT2D eigenvalue weighted by atomic mass is 16.6. The predicted molar refractivity (Wildman–Crippen MR) is 141 cm³/mol. The van der Waals surface area contributed by atoms with Gasteiger partial charge in [-0.2, -0.15) is 0 Å². The lowest BCUT2D eigenvalue weighted by molar-refractivity contribution is -0.150. The lowest BCUT2D eigenvalue weighted by atomic mass is 9.90. The smallest absolute Gasteiger partial charge is 0.408 e. The molecule has 7 nitrogen and oxygen atoms in total. The SMILES string of the molecule is CCc1ccc(C(C(=O)NC(C)C)N(C(=O)C(NC(=O)OC(C)(C)C)C(C)C)C(C)(C)CC)cc1. The van der Waals surface area contributed by atoms with Crippen molar-refractivity contribution in [2.24, 2.45) is 5.92 Å². The first-order valence-corrected chi connectivity index (χ1v) is 12.8. The molecule has 1 aromatic rings. The molecule has 0 saturated carbocycles. The van der Waals surface area contributed by atoms with Gasteiger partial charge in [-0.3, -0.25) is 9.59 Å². The van der Waals surface area contributed by atoms with Gasteiger partial charge in [0, 0.05) is 11.6 Å². The third-order valence-electron chi connectivity index (χ3n) is 6.00. The first-order chi connectivity index (χ1) is 16.0. The Balaban J connectivity index is 3.61. The molecule has 198 valence electrons. The molecule has 2 N–H and O–H groups in total. The van der Waals surface area contributed by atoms with Crippen LogP contribution in [0, 0.1) is 5.92 Å². The molecule has 0 saturated heterocycles. The molecule has 0 bridgehead atoms. The van der Waals surface area contributed by atoms with Crippen molar-refractivity contribution >= 4 is 17.9 Å². The number of hydrogen-bond donors (Lipinski definition) is 2. The van der Waals surface area contributed by atoms with Crippen molar-refractivity contribution in [3.63, 3.8) is 0 Å². The highest BCUT2D eigenvalue weighted by Crippen LogP contribution is 2.33. The van der Waals surface area contributed by atoms with Crippen LogP contribution in [0.4, 0.5) is 4.79 Å². The Morgan fingerprint density at radius 3 is 1.86 bits per heavy atom. The molecule has 7 heteroatoms. The minimum absolute atomic E-state index is 0.0950. The Hall–Kier alpha value is -2.57. The second-order valence-corrected chi connectivity index (χ2v) is 11.4. The molecule has 0 aliphatic carbocycles. The van der Waals surface area contributed by atoms with Gasteiger partial charge >= 0.3 is 6.09 Å². The van der Waals surface area contributed by atoms with Crippen LogP contribution < -0.4 is 10.6 Å². The normalized spacial score (nSPS) is 13.9. The number of carbonyl (C=O) groups is 3. The van der Waals surface area contributed by atoms with E-state index < -0.39 is 29.3 Å². The summed E-state index contributed by atoms with van der Waals surface area (Å²) in [5.41, 5.74) is 0.519. The summed E-state index contributed by atoms with van der Waals surface area (Å²) in [4.78, 5) is 42.1. The molecule has 0 radical (unpaired) electrons. The maximum atomic E-state index is 14.2. The Morgan fingerprint density at radius 1 is 0.914 bits per heavy atom. The third-order valence-corrected chi connectivity index (χ3v) is 6.00. The number of ether oxygens (including phenoxy) is 1.